The van der Waals surface area contributed by atoms with Crippen LogP contribution in [0.4, 0.5) is 0 Å². The van der Waals surface area contributed by atoms with Crippen molar-refractivity contribution in [3.05, 3.63) is 107 Å². The Hall–Kier alpha value is -4.13. The number of hydrogen-bond acceptors (Lipinski definition) is 3. The van der Waals surface area contributed by atoms with Crippen LogP contribution in [0.5, 0.6) is 0 Å². The number of rotatable bonds is 10. The topological polar surface area (TPSA) is 123 Å². The van der Waals surface area contributed by atoms with Gasteiger partial charge in [-0.2, -0.15) is 0 Å². The summed E-state index contributed by atoms with van der Waals surface area (Å²) in [7, 11) is 0. The molecule has 186 valence electrons. The number of aliphatic imine (C=N–C) groups is 1. The summed E-state index contributed by atoms with van der Waals surface area (Å²) >= 11 is 0. The number of fused-ring (bicyclic) bond motifs is 1. The normalized spacial score (nSPS) is 15.1. The lowest BCUT2D eigenvalue weighted by Gasteiger charge is -2.25. The number of carbonyl (C=O) groups excluding carboxylic acids is 2. The predicted octanol–water partition coefficient (Wildman–Crippen LogP) is 3.16. The number of amides is 2. The second-order valence-electron chi connectivity index (χ2n) is 9.06. The van der Waals surface area contributed by atoms with Gasteiger partial charge in [0.2, 0.25) is 11.8 Å². The van der Waals surface area contributed by atoms with Gasteiger partial charge in [-0.25, -0.2) is 0 Å². The Labute approximate surface area is 212 Å². The summed E-state index contributed by atoms with van der Waals surface area (Å²) in [5.74, 6) is -0.945. The average Bonchev–Trinajstić information content (AvgIpc) is 3.30. The Morgan fingerprint density at radius 1 is 0.861 bits per heavy atom. The molecule has 0 fully saturated rings. The molecule has 0 radical (unpaired) electrons. The average molecular weight is 484 g/mol. The monoisotopic (exact) mass is 483 g/mol. The van der Waals surface area contributed by atoms with Gasteiger partial charge in [-0.1, -0.05) is 84.9 Å². The molecule has 4 rings (SSSR count). The highest BCUT2D eigenvalue weighted by Gasteiger charge is 2.30. The van der Waals surface area contributed by atoms with Crippen molar-refractivity contribution in [2.75, 3.05) is 6.54 Å². The highest BCUT2D eigenvalue weighted by atomic mass is 16.2. The van der Waals surface area contributed by atoms with Gasteiger partial charge in [0, 0.05) is 6.54 Å². The molecule has 0 spiro atoms. The molecule has 7 nitrogen and oxygen atoms in total. The molecule has 1 aliphatic carbocycles. The van der Waals surface area contributed by atoms with Crippen LogP contribution >= 0.6 is 0 Å². The highest BCUT2D eigenvalue weighted by Crippen LogP contribution is 2.31. The molecule has 0 aromatic heterocycles. The third-order valence-corrected chi connectivity index (χ3v) is 6.56. The minimum Gasteiger partial charge on any atom is -0.370 e. The van der Waals surface area contributed by atoms with Gasteiger partial charge in [-0.15, -0.1) is 0 Å². The van der Waals surface area contributed by atoms with Crippen LogP contribution in [0.3, 0.4) is 0 Å². The van der Waals surface area contributed by atoms with Crippen molar-refractivity contribution in [2.45, 2.75) is 43.7 Å². The molecule has 0 saturated carbocycles. The zero-order chi connectivity index (χ0) is 25.3. The second kappa shape index (κ2) is 12.0. The maximum atomic E-state index is 13.7. The fraction of sp³-hybridized carbons (Fsp3) is 0.276. The fourth-order valence-corrected chi connectivity index (χ4v) is 4.79. The first-order valence-corrected chi connectivity index (χ1v) is 12.4. The molecule has 36 heavy (non-hydrogen) atoms. The van der Waals surface area contributed by atoms with E-state index in [1.165, 1.54) is 5.56 Å². The molecular weight excluding hydrogens is 450 g/mol. The van der Waals surface area contributed by atoms with Crippen LogP contribution in [0.2, 0.25) is 0 Å². The van der Waals surface area contributed by atoms with E-state index in [2.05, 4.69) is 27.8 Å². The van der Waals surface area contributed by atoms with Crippen LogP contribution in [0, 0.1) is 0 Å². The Bertz CT molecular complexity index is 1150. The number of guanidine groups is 1. The van der Waals surface area contributed by atoms with Gasteiger partial charge in [0.25, 0.3) is 0 Å². The number of benzene rings is 3. The summed E-state index contributed by atoms with van der Waals surface area (Å²) < 4.78 is 0. The molecule has 3 aromatic carbocycles. The maximum Gasteiger partial charge on any atom is 0.243 e. The molecule has 2 atom stereocenters. The number of nitrogens with zero attached hydrogens (tertiary/aromatic N) is 1. The number of aryl methyl sites for hydroxylation is 1. The Morgan fingerprint density at radius 2 is 1.47 bits per heavy atom. The van der Waals surface area contributed by atoms with E-state index in [1.54, 1.807) is 0 Å². The summed E-state index contributed by atoms with van der Waals surface area (Å²) in [4.78, 5) is 31.2. The van der Waals surface area contributed by atoms with Gasteiger partial charge < -0.3 is 22.1 Å². The van der Waals surface area contributed by atoms with E-state index in [0.29, 0.717) is 19.4 Å². The molecule has 0 bridgehead atoms. The Morgan fingerprint density at radius 3 is 2.11 bits per heavy atom. The van der Waals surface area contributed by atoms with E-state index < -0.39 is 12.0 Å². The standard InChI is InChI=1S/C29H33N5O2/c30-29(31)32-19-9-16-25(27(35)33-24-18-17-20-10-7-8-15-23(20)24)34-28(36)26(21-11-3-1-4-12-21)22-13-5-2-6-14-22/h1-8,10-15,24-26H,9,16-19H2,(H,33,35)(H,34,36)(H4,30,31,32)/t24-,25?/m0/s1. The van der Waals surface area contributed by atoms with Crippen molar-refractivity contribution < 1.29 is 9.59 Å². The van der Waals surface area contributed by atoms with Crippen molar-refractivity contribution in [2.24, 2.45) is 16.5 Å². The van der Waals surface area contributed by atoms with Gasteiger partial charge in [0.15, 0.2) is 5.96 Å². The third kappa shape index (κ3) is 6.30. The van der Waals surface area contributed by atoms with E-state index in [4.69, 9.17) is 11.5 Å². The van der Waals surface area contributed by atoms with E-state index in [-0.39, 0.29) is 23.8 Å². The number of hydrogen-bond donors (Lipinski definition) is 4. The van der Waals surface area contributed by atoms with Gasteiger partial charge in [-0.05, 0) is 47.9 Å². The van der Waals surface area contributed by atoms with Crippen LogP contribution in [-0.2, 0) is 16.0 Å². The van der Waals surface area contributed by atoms with E-state index >= 15 is 0 Å². The fourth-order valence-electron chi connectivity index (χ4n) is 4.79. The number of nitrogens with one attached hydrogen (secondary N) is 2. The van der Waals surface area contributed by atoms with Gasteiger partial charge in [0.1, 0.15) is 6.04 Å². The first-order chi connectivity index (χ1) is 17.5. The highest BCUT2D eigenvalue weighted by molar-refractivity contribution is 5.92. The summed E-state index contributed by atoms with van der Waals surface area (Å²) in [5, 5.41) is 6.21. The van der Waals surface area contributed by atoms with Crippen molar-refractivity contribution in [1.82, 2.24) is 10.6 Å². The molecule has 0 aliphatic heterocycles. The number of carbonyl (C=O) groups is 2. The zero-order valence-corrected chi connectivity index (χ0v) is 20.3. The van der Waals surface area contributed by atoms with Crippen LogP contribution in [0.25, 0.3) is 0 Å². The second-order valence-corrected chi connectivity index (χ2v) is 9.06. The molecule has 0 heterocycles. The zero-order valence-electron chi connectivity index (χ0n) is 20.3. The van der Waals surface area contributed by atoms with Gasteiger partial charge in [-0.3, -0.25) is 14.6 Å². The lowest BCUT2D eigenvalue weighted by Crippen LogP contribution is -2.49. The summed E-state index contributed by atoms with van der Waals surface area (Å²) in [6, 6.07) is 26.6. The first-order valence-electron chi connectivity index (χ1n) is 12.4. The lowest BCUT2D eigenvalue weighted by atomic mass is 9.90. The molecular formula is C29H33N5O2. The van der Waals surface area contributed by atoms with E-state index in [9.17, 15) is 9.59 Å². The van der Waals surface area contributed by atoms with Gasteiger partial charge >= 0.3 is 0 Å². The van der Waals surface area contributed by atoms with Crippen molar-refractivity contribution in [3.8, 4) is 0 Å². The largest absolute Gasteiger partial charge is 0.370 e. The molecule has 0 saturated heterocycles. The Balaban J connectivity index is 1.53. The molecule has 3 aromatic rings. The lowest BCUT2D eigenvalue weighted by molar-refractivity contribution is -0.130. The third-order valence-electron chi connectivity index (χ3n) is 6.56. The molecule has 2 amide bonds. The molecule has 6 N–H and O–H groups in total. The molecule has 1 unspecified atom stereocenters. The smallest absolute Gasteiger partial charge is 0.243 e. The minimum atomic E-state index is -0.714. The summed E-state index contributed by atoms with van der Waals surface area (Å²) in [5.41, 5.74) is 15.0. The van der Waals surface area contributed by atoms with Crippen LogP contribution in [0.1, 0.15) is 53.5 Å². The first kappa shape index (κ1) is 25.0. The quantitative estimate of drug-likeness (QED) is 0.201. The predicted molar refractivity (Wildman–Crippen MR) is 142 cm³/mol. The summed E-state index contributed by atoms with van der Waals surface area (Å²) in [6.07, 6.45) is 2.74. The van der Waals surface area contributed by atoms with Crippen LogP contribution < -0.4 is 22.1 Å². The number of nitrogens with two attached hydrogens (primary N) is 2. The molecule has 7 heteroatoms. The Kier molecular flexibility index (Phi) is 8.34. The van der Waals surface area contributed by atoms with Crippen molar-refractivity contribution >= 4 is 17.8 Å². The SMILES string of the molecule is NC(N)=NCCCC(NC(=O)C(c1ccccc1)c1ccccc1)C(=O)N[C@H]1CCc2ccccc21. The van der Waals surface area contributed by atoms with Crippen molar-refractivity contribution in [1.29, 1.82) is 0 Å². The van der Waals surface area contributed by atoms with Gasteiger partial charge in [0.05, 0.1) is 12.0 Å². The van der Waals surface area contributed by atoms with E-state index in [0.717, 1.165) is 29.5 Å². The minimum absolute atomic E-state index is 0.0100. The molecule has 1 aliphatic rings. The van der Waals surface area contributed by atoms with E-state index in [1.807, 2.05) is 72.8 Å². The maximum absolute atomic E-state index is 13.7. The van der Waals surface area contributed by atoms with Crippen LogP contribution in [0.15, 0.2) is 89.9 Å². The van der Waals surface area contributed by atoms with Crippen LogP contribution in [-0.4, -0.2) is 30.4 Å². The van der Waals surface area contributed by atoms with Crippen molar-refractivity contribution in [3.63, 3.8) is 0 Å². The summed E-state index contributed by atoms with van der Waals surface area (Å²) in [6.45, 7) is 0.384.